The molecule has 0 fully saturated rings. The van der Waals surface area contributed by atoms with E-state index in [1.165, 1.54) is 6.20 Å². The summed E-state index contributed by atoms with van der Waals surface area (Å²) in [6, 6.07) is 0. The number of hydrogen-bond donors (Lipinski definition) is 1. The van der Waals surface area contributed by atoms with E-state index >= 15 is 0 Å². The van der Waals surface area contributed by atoms with E-state index in [9.17, 15) is 4.79 Å². The minimum atomic E-state index is -0.346. The molecule has 6 heteroatoms. The molecule has 1 aromatic rings. The maximum Gasteiger partial charge on any atom is 0.267 e. The Balaban J connectivity index is 2.81. The second-order valence-electron chi connectivity index (χ2n) is 3.66. The standard InChI is InChI=1S/C8H14N4OS/c1-8(2,5-9)12(3)7(13)6-4-10-11-14-6/h4H,5,9H2,1-3H3. The van der Waals surface area contributed by atoms with Crippen LogP contribution in [0.1, 0.15) is 23.5 Å². The monoisotopic (exact) mass is 214 g/mol. The molecule has 1 aromatic heterocycles. The average Bonchev–Trinajstić information content (AvgIpc) is 2.68. The van der Waals surface area contributed by atoms with E-state index in [-0.39, 0.29) is 11.4 Å². The van der Waals surface area contributed by atoms with Crippen LogP contribution < -0.4 is 5.73 Å². The van der Waals surface area contributed by atoms with Crippen LogP contribution in [0.15, 0.2) is 6.20 Å². The van der Waals surface area contributed by atoms with Gasteiger partial charge in [-0.3, -0.25) is 4.79 Å². The van der Waals surface area contributed by atoms with Gasteiger partial charge in [0.15, 0.2) is 0 Å². The molecule has 0 aliphatic rings. The summed E-state index contributed by atoms with van der Waals surface area (Å²) in [7, 11) is 1.73. The highest BCUT2D eigenvalue weighted by Crippen LogP contribution is 2.15. The van der Waals surface area contributed by atoms with Gasteiger partial charge in [0.2, 0.25) is 0 Å². The molecule has 0 saturated carbocycles. The van der Waals surface area contributed by atoms with Gasteiger partial charge in [-0.15, -0.1) is 5.10 Å². The summed E-state index contributed by atoms with van der Waals surface area (Å²) in [6.07, 6.45) is 1.47. The summed E-state index contributed by atoms with van der Waals surface area (Å²) < 4.78 is 3.65. The molecule has 14 heavy (non-hydrogen) atoms. The number of rotatable bonds is 3. The molecular weight excluding hydrogens is 200 g/mol. The average molecular weight is 214 g/mol. The van der Waals surface area contributed by atoms with Gasteiger partial charge in [0.1, 0.15) is 4.88 Å². The second kappa shape index (κ2) is 4.02. The lowest BCUT2D eigenvalue weighted by Crippen LogP contribution is -2.49. The molecule has 78 valence electrons. The van der Waals surface area contributed by atoms with Crippen LogP contribution in [0.3, 0.4) is 0 Å². The van der Waals surface area contributed by atoms with Crippen molar-refractivity contribution >= 4 is 17.4 Å². The van der Waals surface area contributed by atoms with Crippen LogP contribution in [0.4, 0.5) is 0 Å². The first-order valence-corrected chi connectivity index (χ1v) is 5.02. The molecule has 0 aliphatic carbocycles. The van der Waals surface area contributed by atoms with Crippen LogP contribution in [-0.4, -0.2) is 39.5 Å². The lowest BCUT2D eigenvalue weighted by Gasteiger charge is -2.33. The van der Waals surface area contributed by atoms with Crippen molar-refractivity contribution in [1.82, 2.24) is 14.5 Å². The molecule has 0 radical (unpaired) electrons. The third kappa shape index (κ3) is 2.08. The maximum atomic E-state index is 11.8. The van der Waals surface area contributed by atoms with E-state index in [4.69, 9.17) is 5.73 Å². The molecule has 0 unspecified atom stereocenters. The molecule has 0 atom stereocenters. The molecule has 1 heterocycles. The lowest BCUT2D eigenvalue weighted by atomic mass is 10.0. The zero-order valence-electron chi connectivity index (χ0n) is 8.52. The smallest absolute Gasteiger partial charge is 0.267 e. The number of carbonyl (C=O) groups excluding carboxylic acids is 1. The number of nitrogens with two attached hydrogens (primary N) is 1. The molecule has 1 rings (SSSR count). The van der Waals surface area contributed by atoms with Gasteiger partial charge in [-0.25, -0.2) is 0 Å². The van der Waals surface area contributed by atoms with Crippen molar-refractivity contribution in [2.24, 2.45) is 5.73 Å². The van der Waals surface area contributed by atoms with Crippen molar-refractivity contribution in [3.63, 3.8) is 0 Å². The van der Waals surface area contributed by atoms with Crippen LogP contribution in [0.25, 0.3) is 0 Å². The topological polar surface area (TPSA) is 72.1 Å². The fraction of sp³-hybridized carbons (Fsp3) is 0.625. The summed E-state index contributed by atoms with van der Waals surface area (Å²) >= 11 is 1.09. The van der Waals surface area contributed by atoms with Gasteiger partial charge in [0.25, 0.3) is 5.91 Å². The number of aromatic nitrogens is 2. The van der Waals surface area contributed by atoms with Crippen molar-refractivity contribution in [2.75, 3.05) is 13.6 Å². The van der Waals surface area contributed by atoms with E-state index < -0.39 is 0 Å². The van der Waals surface area contributed by atoms with Crippen molar-refractivity contribution in [3.8, 4) is 0 Å². The molecule has 1 amide bonds. The molecular formula is C8H14N4OS. The van der Waals surface area contributed by atoms with Crippen LogP contribution in [0.5, 0.6) is 0 Å². The van der Waals surface area contributed by atoms with E-state index in [0.29, 0.717) is 11.4 Å². The third-order valence-electron chi connectivity index (χ3n) is 2.28. The number of hydrogen-bond acceptors (Lipinski definition) is 5. The predicted octanol–water partition coefficient (Wildman–Crippen LogP) is 0.347. The zero-order valence-corrected chi connectivity index (χ0v) is 9.34. The molecule has 2 N–H and O–H groups in total. The van der Waals surface area contributed by atoms with Crippen molar-refractivity contribution in [3.05, 3.63) is 11.1 Å². The molecule has 0 saturated heterocycles. The Bertz CT molecular complexity index is 309. The molecule has 0 spiro atoms. The van der Waals surface area contributed by atoms with Crippen LogP contribution >= 0.6 is 11.5 Å². The Morgan fingerprint density at radius 3 is 2.79 bits per heavy atom. The molecule has 0 bridgehead atoms. The second-order valence-corrected chi connectivity index (χ2v) is 4.45. The lowest BCUT2D eigenvalue weighted by molar-refractivity contribution is 0.0645. The summed E-state index contributed by atoms with van der Waals surface area (Å²) in [4.78, 5) is 14.0. The van der Waals surface area contributed by atoms with E-state index in [1.807, 2.05) is 13.8 Å². The van der Waals surface area contributed by atoms with Crippen LogP contribution in [0.2, 0.25) is 0 Å². The highest BCUT2D eigenvalue weighted by atomic mass is 32.1. The van der Waals surface area contributed by atoms with Crippen LogP contribution in [-0.2, 0) is 0 Å². The van der Waals surface area contributed by atoms with Crippen molar-refractivity contribution in [2.45, 2.75) is 19.4 Å². The van der Waals surface area contributed by atoms with Gasteiger partial charge in [-0.2, -0.15) is 0 Å². The first kappa shape index (κ1) is 11.1. The molecule has 0 aliphatic heterocycles. The molecule has 5 nitrogen and oxygen atoms in total. The first-order valence-electron chi connectivity index (χ1n) is 4.24. The first-order chi connectivity index (χ1) is 6.49. The van der Waals surface area contributed by atoms with Crippen molar-refractivity contribution < 1.29 is 4.79 Å². The summed E-state index contributed by atoms with van der Waals surface area (Å²) in [5, 5.41) is 3.62. The minimum Gasteiger partial charge on any atom is -0.335 e. The maximum absolute atomic E-state index is 11.8. The van der Waals surface area contributed by atoms with Gasteiger partial charge in [0.05, 0.1) is 6.20 Å². The fourth-order valence-corrected chi connectivity index (χ4v) is 1.33. The van der Waals surface area contributed by atoms with Crippen molar-refractivity contribution in [1.29, 1.82) is 0 Å². The van der Waals surface area contributed by atoms with E-state index in [2.05, 4.69) is 9.59 Å². The van der Waals surface area contributed by atoms with Gasteiger partial charge in [-0.05, 0) is 25.4 Å². The number of likely N-dealkylation sites (N-methyl/N-ethyl adjacent to an activating group) is 1. The number of nitrogens with zero attached hydrogens (tertiary/aromatic N) is 3. The Labute approximate surface area is 87.1 Å². The van der Waals surface area contributed by atoms with E-state index in [0.717, 1.165) is 11.5 Å². The Morgan fingerprint density at radius 1 is 1.71 bits per heavy atom. The van der Waals surface area contributed by atoms with Gasteiger partial charge >= 0.3 is 0 Å². The minimum absolute atomic E-state index is 0.0875. The summed E-state index contributed by atoms with van der Waals surface area (Å²) in [6.45, 7) is 4.25. The van der Waals surface area contributed by atoms with Gasteiger partial charge < -0.3 is 10.6 Å². The van der Waals surface area contributed by atoms with Gasteiger partial charge in [0, 0.05) is 19.1 Å². The Hall–Kier alpha value is -1.01. The predicted molar refractivity (Wildman–Crippen MR) is 55.1 cm³/mol. The Kier molecular flexibility index (Phi) is 3.17. The number of amides is 1. The normalized spacial score (nSPS) is 11.4. The quantitative estimate of drug-likeness (QED) is 0.788. The zero-order chi connectivity index (χ0) is 10.8. The van der Waals surface area contributed by atoms with Crippen LogP contribution in [0, 0.1) is 0 Å². The summed E-state index contributed by atoms with van der Waals surface area (Å²) in [5.41, 5.74) is 5.23. The van der Waals surface area contributed by atoms with E-state index in [1.54, 1.807) is 11.9 Å². The Morgan fingerprint density at radius 2 is 2.36 bits per heavy atom. The SMILES string of the molecule is CN(C(=O)c1cnns1)C(C)(C)CN. The third-order valence-corrected chi connectivity index (χ3v) is 2.94. The molecule has 0 aromatic carbocycles. The fourth-order valence-electron chi connectivity index (χ4n) is 0.839. The summed E-state index contributed by atoms with van der Waals surface area (Å²) in [5.74, 6) is -0.0875. The highest BCUT2D eigenvalue weighted by molar-refractivity contribution is 7.07. The van der Waals surface area contributed by atoms with Gasteiger partial charge in [-0.1, -0.05) is 4.49 Å². The number of carbonyl (C=O) groups is 1. The highest BCUT2D eigenvalue weighted by Gasteiger charge is 2.27. The largest absolute Gasteiger partial charge is 0.335 e.